The predicted octanol–water partition coefficient (Wildman–Crippen LogP) is 3.74. The topological polar surface area (TPSA) is 88.2 Å². The van der Waals surface area contributed by atoms with Gasteiger partial charge in [0.05, 0.1) is 13.7 Å². The molecule has 2 heterocycles. The Kier molecular flexibility index (Phi) is 7.85. The summed E-state index contributed by atoms with van der Waals surface area (Å²) in [5.74, 6) is -0.00290. The number of nitrogens with zero attached hydrogens (tertiary/aromatic N) is 2. The van der Waals surface area contributed by atoms with Gasteiger partial charge in [0.25, 0.3) is 11.8 Å². The Hall–Kier alpha value is -3.10. The van der Waals surface area contributed by atoms with Crippen LogP contribution in [0.1, 0.15) is 53.8 Å². The van der Waals surface area contributed by atoms with E-state index in [-0.39, 0.29) is 30.4 Å². The second kappa shape index (κ2) is 10.9. The third-order valence-corrected chi connectivity index (χ3v) is 7.26. The van der Waals surface area contributed by atoms with E-state index in [1.165, 1.54) is 0 Å². The molecule has 0 aliphatic carbocycles. The van der Waals surface area contributed by atoms with Gasteiger partial charge in [0, 0.05) is 48.1 Å². The van der Waals surface area contributed by atoms with Gasteiger partial charge < -0.3 is 19.7 Å². The minimum absolute atomic E-state index is 0.0239. The van der Waals surface area contributed by atoms with Gasteiger partial charge in [-0.1, -0.05) is 24.6 Å². The van der Waals surface area contributed by atoms with Crippen molar-refractivity contribution in [2.75, 3.05) is 26.8 Å². The Morgan fingerprint density at radius 2 is 1.81 bits per heavy atom. The van der Waals surface area contributed by atoms with Crippen molar-refractivity contribution in [1.29, 1.82) is 0 Å². The fourth-order valence-electron chi connectivity index (χ4n) is 4.74. The number of carbonyl (C=O) groups excluding carboxylic acids is 3. The SMILES string of the molecule is CC[C@@H](C)NC(=O)[C@H]1COC2(CCN(C(=O)c3cccc(Cl)c3)CC2)N1C(=O)c1ccc(OC)cc1. The number of benzene rings is 2. The van der Waals surface area contributed by atoms with Crippen LogP contribution in [0, 0.1) is 0 Å². The number of amides is 3. The minimum Gasteiger partial charge on any atom is -0.497 e. The van der Waals surface area contributed by atoms with E-state index < -0.39 is 11.8 Å². The average Bonchev–Trinajstić information content (AvgIpc) is 3.26. The molecule has 2 fully saturated rings. The molecular formula is C27H32ClN3O5. The van der Waals surface area contributed by atoms with Crippen molar-refractivity contribution in [2.45, 2.75) is 50.9 Å². The van der Waals surface area contributed by atoms with Gasteiger partial charge in [-0.25, -0.2) is 0 Å². The second-order valence-corrected chi connectivity index (χ2v) is 9.73. The molecule has 192 valence electrons. The third-order valence-electron chi connectivity index (χ3n) is 7.02. The number of carbonyl (C=O) groups is 3. The second-order valence-electron chi connectivity index (χ2n) is 9.30. The molecule has 2 aromatic rings. The Morgan fingerprint density at radius 1 is 1.11 bits per heavy atom. The molecule has 9 heteroatoms. The Balaban J connectivity index is 1.58. The van der Waals surface area contributed by atoms with Gasteiger partial charge in [0.2, 0.25) is 5.91 Å². The number of piperidine rings is 1. The summed E-state index contributed by atoms with van der Waals surface area (Å²) in [6.07, 6.45) is 1.57. The van der Waals surface area contributed by atoms with E-state index in [2.05, 4.69) is 5.32 Å². The number of hydrogen-bond donors (Lipinski definition) is 1. The molecule has 1 spiro atoms. The van der Waals surface area contributed by atoms with E-state index >= 15 is 0 Å². The van der Waals surface area contributed by atoms with Crippen LogP contribution < -0.4 is 10.1 Å². The van der Waals surface area contributed by atoms with Crippen LogP contribution in [0.5, 0.6) is 5.75 Å². The molecular weight excluding hydrogens is 482 g/mol. The lowest BCUT2D eigenvalue weighted by molar-refractivity contribution is -0.128. The summed E-state index contributed by atoms with van der Waals surface area (Å²) < 4.78 is 11.5. The number of nitrogens with one attached hydrogen (secondary N) is 1. The van der Waals surface area contributed by atoms with Crippen LogP contribution in [-0.4, -0.2) is 72.1 Å². The van der Waals surface area contributed by atoms with Crippen LogP contribution in [0.3, 0.4) is 0 Å². The zero-order valence-electron chi connectivity index (χ0n) is 20.8. The molecule has 0 saturated carbocycles. The highest BCUT2D eigenvalue weighted by Gasteiger charge is 2.54. The molecule has 2 saturated heterocycles. The summed E-state index contributed by atoms with van der Waals surface area (Å²) in [5, 5.41) is 3.49. The summed E-state index contributed by atoms with van der Waals surface area (Å²) in [4.78, 5) is 43.4. The molecule has 0 aromatic heterocycles. The summed E-state index contributed by atoms with van der Waals surface area (Å²) in [6.45, 7) is 4.80. The maximum atomic E-state index is 13.8. The van der Waals surface area contributed by atoms with Gasteiger partial charge in [0.15, 0.2) is 0 Å². The van der Waals surface area contributed by atoms with Crippen molar-refractivity contribution in [3.05, 3.63) is 64.7 Å². The number of halogens is 1. The van der Waals surface area contributed by atoms with Crippen LogP contribution in [0.25, 0.3) is 0 Å². The van der Waals surface area contributed by atoms with Gasteiger partial charge in [0.1, 0.15) is 17.5 Å². The van der Waals surface area contributed by atoms with Gasteiger partial charge >= 0.3 is 0 Å². The summed E-state index contributed by atoms with van der Waals surface area (Å²) in [6, 6.07) is 12.9. The van der Waals surface area contributed by atoms with Gasteiger partial charge in [-0.05, 0) is 55.8 Å². The highest BCUT2D eigenvalue weighted by atomic mass is 35.5. The maximum Gasteiger partial charge on any atom is 0.256 e. The van der Waals surface area contributed by atoms with Crippen molar-refractivity contribution in [1.82, 2.24) is 15.1 Å². The summed E-state index contributed by atoms with van der Waals surface area (Å²) >= 11 is 6.07. The van der Waals surface area contributed by atoms with Crippen LogP contribution in [0.2, 0.25) is 5.02 Å². The van der Waals surface area contributed by atoms with Crippen molar-refractivity contribution < 1.29 is 23.9 Å². The van der Waals surface area contributed by atoms with E-state index in [0.29, 0.717) is 47.8 Å². The number of likely N-dealkylation sites (tertiary alicyclic amines) is 1. The third kappa shape index (κ3) is 5.20. The minimum atomic E-state index is -0.973. The molecule has 0 bridgehead atoms. The fourth-order valence-corrected chi connectivity index (χ4v) is 4.93. The van der Waals surface area contributed by atoms with Crippen molar-refractivity contribution in [3.8, 4) is 5.75 Å². The molecule has 2 aromatic carbocycles. The molecule has 3 amide bonds. The molecule has 2 aliphatic rings. The van der Waals surface area contributed by atoms with E-state index in [1.54, 1.807) is 65.4 Å². The molecule has 1 N–H and O–H groups in total. The first-order chi connectivity index (χ1) is 17.3. The van der Waals surface area contributed by atoms with Gasteiger partial charge in [-0.3, -0.25) is 19.3 Å². The summed E-state index contributed by atoms with van der Waals surface area (Å²) in [7, 11) is 1.56. The first-order valence-electron chi connectivity index (χ1n) is 12.2. The first-order valence-corrected chi connectivity index (χ1v) is 12.6. The van der Waals surface area contributed by atoms with Crippen LogP contribution in [0.4, 0.5) is 0 Å². The molecule has 8 nitrogen and oxygen atoms in total. The first kappa shape index (κ1) is 26.0. The molecule has 0 radical (unpaired) electrons. The fraction of sp³-hybridized carbons (Fsp3) is 0.444. The lowest BCUT2D eigenvalue weighted by Gasteiger charge is -2.44. The Morgan fingerprint density at radius 3 is 2.42 bits per heavy atom. The predicted molar refractivity (Wildman–Crippen MR) is 136 cm³/mol. The number of methoxy groups -OCH3 is 1. The maximum absolute atomic E-state index is 13.8. The van der Waals surface area contributed by atoms with Crippen molar-refractivity contribution >= 4 is 29.3 Å². The average molecular weight is 514 g/mol. The molecule has 4 rings (SSSR count). The Labute approximate surface area is 216 Å². The van der Waals surface area contributed by atoms with Crippen LogP contribution in [0.15, 0.2) is 48.5 Å². The van der Waals surface area contributed by atoms with E-state index in [0.717, 1.165) is 6.42 Å². The highest BCUT2D eigenvalue weighted by molar-refractivity contribution is 6.30. The van der Waals surface area contributed by atoms with Gasteiger partial charge in [-0.2, -0.15) is 0 Å². The highest BCUT2D eigenvalue weighted by Crippen LogP contribution is 2.39. The standard InChI is InChI=1S/C27H32ClN3O5/c1-4-18(2)29-24(32)23-17-36-27(31(23)26(34)19-8-10-22(35-3)11-9-19)12-14-30(15-13-27)25(33)20-6-5-7-21(28)16-20/h5-11,16,18,23H,4,12-15,17H2,1-3H3,(H,29,32)/t18-,23-/m1/s1. The van der Waals surface area contributed by atoms with E-state index in [4.69, 9.17) is 21.1 Å². The number of ether oxygens (including phenoxy) is 2. The smallest absolute Gasteiger partial charge is 0.256 e. The zero-order chi connectivity index (χ0) is 25.9. The van der Waals surface area contributed by atoms with Crippen LogP contribution >= 0.6 is 11.6 Å². The number of hydrogen-bond acceptors (Lipinski definition) is 5. The zero-order valence-corrected chi connectivity index (χ0v) is 21.6. The molecule has 36 heavy (non-hydrogen) atoms. The molecule has 2 atom stereocenters. The lowest BCUT2D eigenvalue weighted by Crippen LogP contribution is -2.60. The Bertz CT molecular complexity index is 1110. The summed E-state index contributed by atoms with van der Waals surface area (Å²) in [5.41, 5.74) is -0.0123. The van der Waals surface area contributed by atoms with E-state index in [1.807, 2.05) is 13.8 Å². The monoisotopic (exact) mass is 513 g/mol. The van der Waals surface area contributed by atoms with Crippen LogP contribution in [-0.2, 0) is 9.53 Å². The lowest BCUT2D eigenvalue weighted by atomic mass is 9.96. The molecule has 2 aliphatic heterocycles. The quantitative estimate of drug-likeness (QED) is 0.635. The largest absolute Gasteiger partial charge is 0.497 e. The normalized spacial score (nSPS) is 19.7. The number of rotatable bonds is 6. The van der Waals surface area contributed by atoms with Crippen molar-refractivity contribution in [2.24, 2.45) is 0 Å². The van der Waals surface area contributed by atoms with Gasteiger partial charge in [-0.15, -0.1) is 0 Å². The molecule has 0 unspecified atom stereocenters. The van der Waals surface area contributed by atoms with Crippen molar-refractivity contribution in [3.63, 3.8) is 0 Å². The van der Waals surface area contributed by atoms with E-state index in [9.17, 15) is 14.4 Å².